The number of aryl methyl sites for hydroxylation is 1. The first-order chi connectivity index (χ1) is 9.08. The van der Waals surface area contributed by atoms with Crippen molar-refractivity contribution in [2.45, 2.75) is 12.6 Å². The number of hydrogen-bond donors (Lipinski definition) is 2. The fraction of sp³-hybridized carbons (Fsp3) is 0.250. The number of nitrogens with one attached hydrogen (secondary N) is 1. The lowest BCUT2D eigenvalue weighted by molar-refractivity contribution is -0.120. The van der Waals surface area contributed by atoms with Crippen LogP contribution in [-0.2, 0) is 18.4 Å². The second-order valence-electron chi connectivity index (χ2n) is 4.07. The minimum absolute atomic E-state index is 0.396. The number of nitrogens with zero attached hydrogens (tertiary/aromatic N) is 3. The monoisotopic (exact) mass is 279 g/mol. The Kier molecular flexibility index (Phi) is 4.13. The van der Waals surface area contributed by atoms with E-state index in [0.29, 0.717) is 11.6 Å². The van der Waals surface area contributed by atoms with E-state index < -0.39 is 11.9 Å². The van der Waals surface area contributed by atoms with Gasteiger partial charge in [-0.2, -0.15) is 5.10 Å². The number of hydrogen-bond acceptors (Lipinski definition) is 4. The molecule has 7 heteroatoms. The van der Waals surface area contributed by atoms with Gasteiger partial charge in [-0.05, 0) is 17.7 Å². The highest BCUT2D eigenvalue weighted by Gasteiger charge is 2.17. The Morgan fingerprint density at radius 1 is 1.47 bits per heavy atom. The zero-order valence-corrected chi connectivity index (χ0v) is 11.1. The average Bonchev–Trinajstić information content (AvgIpc) is 2.77. The molecular formula is C12H14ClN5O. The van der Waals surface area contributed by atoms with E-state index in [1.54, 1.807) is 36.0 Å². The van der Waals surface area contributed by atoms with Gasteiger partial charge in [-0.3, -0.25) is 14.8 Å². The first kappa shape index (κ1) is 13.5. The van der Waals surface area contributed by atoms with Gasteiger partial charge in [-0.1, -0.05) is 23.7 Å². The van der Waals surface area contributed by atoms with Gasteiger partial charge in [0.2, 0.25) is 5.91 Å². The van der Waals surface area contributed by atoms with Crippen LogP contribution in [0.5, 0.6) is 0 Å². The SMILES string of the molecule is Cn1ncnc1CNC(C(N)=O)c1ccc(Cl)cc1. The van der Waals surface area contributed by atoms with E-state index in [1.807, 2.05) is 0 Å². The summed E-state index contributed by atoms with van der Waals surface area (Å²) in [5.74, 6) is 0.268. The number of rotatable bonds is 5. The summed E-state index contributed by atoms with van der Waals surface area (Å²) in [4.78, 5) is 15.6. The summed E-state index contributed by atoms with van der Waals surface area (Å²) in [6.07, 6.45) is 1.46. The number of benzene rings is 1. The van der Waals surface area contributed by atoms with Gasteiger partial charge in [0, 0.05) is 12.1 Å². The fourth-order valence-electron chi connectivity index (χ4n) is 1.71. The molecule has 1 heterocycles. The van der Waals surface area contributed by atoms with Crippen molar-refractivity contribution < 1.29 is 4.79 Å². The predicted octanol–water partition coefficient (Wildman–Crippen LogP) is 0.785. The molecule has 0 aliphatic heterocycles. The minimum atomic E-state index is -0.589. The Morgan fingerprint density at radius 3 is 2.68 bits per heavy atom. The fourth-order valence-corrected chi connectivity index (χ4v) is 1.84. The third kappa shape index (κ3) is 3.30. The molecule has 3 N–H and O–H groups in total. The van der Waals surface area contributed by atoms with Crippen molar-refractivity contribution in [1.82, 2.24) is 20.1 Å². The van der Waals surface area contributed by atoms with E-state index in [9.17, 15) is 4.79 Å². The topological polar surface area (TPSA) is 85.8 Å². The molecule has 0 aliphatic carbocycles. The Bertz CT molecular complexity index is 566. The number of nitrogens with two attached hydrogens (primary N) is 1. The van der Waals surface area contributed by atoms with Crippen molar-refractivity contribution in [3.63, 3.8) is 0 Å². The second kappa shape index (κ2) is 5.81. The van der Waals surface area contributed by atoms with Crippen LogP contribution in [0.15, 0.2) is 30.6 Å². The van der Waals surface area contributed by atoms with Crippen LogP contribution in [0.3, 0.4) is 0 Å². The molecule has 1 aromatic carbocycles. The molecule has 0 saturated heterocycles. The normalized spacial score (nSPS) is 12.3. The number of aromatic nitrogens is 3. The maximum Gasteiger partial charge on any atom is 0.239 e. The zero-order valence-electron chi connectivity index (χ0n) is 10.4. The lowest BCUT2D eigenvalue weighted by atomic mass is 10.1. The summed E-state index contributed by atoms with van der Waals surface area (Å²) < 4.78 is 1.63. The average molecular weight is 280 g/mol. The van der Waals surface area contributed by atoms with E-state index in [0.717, 1.165) is 11.4 Å². The van der Waals surface area contributed by atoms with Crippen molar-refractivity contribution in [3.8, 4) is 0 Å². The van der Waals surface area contributed by atoms with Gasteiger partial charge in [0.25, 0.3) is 0 Å². The highest BCUT2D eigenvalue weighted by Crippen LogP contribution is 2.16. The third-order valence-electron chi connectivity index (χ3n) is 2.76. The van der Waals surface area contributed by atoms with Gasteiger partial charge in [0.15, 0.2) is 0 Å². The van der Waals surface area contributed by atoms with Crippen molar-refractivity contribution in [3.05, 3.63) is 47.0 Å². The molecule has 0 bridgehead atoms. The predicted molar refractivity (Wildman–Crippen MR) is 71.2 cm³/mol. The van der Waals surface area contributed by atoms with E-state index in [1.165, 1.54) is 6.33 Å². The molecule has 19 heavy (non-hydrogen) atoms. The van der Waals surface area contributed by atoms with Crippen molar-refractivity contribution in [2.75, 3.05) is 0 Å². The van der Waals surface area contributed by atoms with Crippen LogP contribution >= 0.6 is 11.6 Å². The van der Waals surface area contributed by atoms with Gasteiger partial charge in [-0.15, -0.1) is 0 Å². The first-order valence-corrected chi connectivity index (χ1v) is 6.07. The molecule has 2 aromatic rings. The smallest absolute Gasteiger partial charge is 0.239 e. The lowest BCUT2D eigenvalue weighted by Gasteiger charge is -2.15. The molecular weight excluding hydrogens is 266 g/mol. The number of primary amides is 1. The van der Waals surface area contributed by atoms with Crippen LogP contribution in [0.25, 0.3) is 0 Å². The molecule has 0 aliphatic rings. The largest absolute Gasteiger partial charge is 0.368 e. The molecule has 0 spiro atoms. The van der Waals surface area contributed by atoms with E-state index >= 15 is 0 Å². The Hall–Kier alpha value is -1.92. The molecule has 0 radical (unpaired) electrons. The highest BCUT2D eigenvalue weighted by molar-refractivity contribution is 6.30. The van der Waals surface area contributed by atoms with E-state index in [4.69, 9.17) is 17.3 Å². The maximum absolute atomic E-state index is 11.5. The highest BCUT2D eigenvalue weighted by atomic mass is 35.5. The third-order valence-corrected chi connectivity index (χ3v) is 3.01. The molecule has 1 unspecified atom stereocenters. The molecule has 2 rings (SSSR count). The second-order valence-corrected chi connectivity index (χ2v) is 4.50. The molecule has 1 atom stereocenters. The lowest BCUT2D eigenvalue weighted by Crippen LogP contribution is -2.33. The van der Waals surface area contributed by atoms with Crippen LogP contribution in [0.2, 0.25) is 5.02 Å². The van der Waals surface area contributed by atoms with Gasteiger partial charge in [-0.25, -0.2) is 4.98 Å². The Balaban J connectivity index is 2.11. The summed E-state index contributed by atoms with van der Waals surface area (Å²) >= 11 is 5.82. The molecule has 100 valence electrons. The van der Waals surface area contributed by atoms with Gasteiger partial charge in [0.1, 0.15) is 18.2 Å². The number of halogens is 1. The van der Waals surface area contributed by atoms with Crippen molar-refractivity contribution in [2.24, 2.45) is 12.8 Å². The quantitative estimate of drug-likeness (QED) is 0.847. The maximum atomic E-state index is 11.5. The summed E-state index contributed by atoms with van der Waals surface area (Å²) in [6.45, 7) is 0.396. The minimum Gasteiger partial charge on any atom is -0.368 e. The number of carbonyl (C=O) groups excluding carboxylic acids is 1. The van der Waals surface area contributed by atoms with Crippen LogP contribution in [-0.4, -0.2) is 20.7 Å². The van der Waals surface area contributed by atoms with Crippen LogP contribution < -0.4 is 11.1 Å². The van der Waals surface area contributed by atoms with Crippen LogP contribution in [0.4, 0.5) is 0 Å². The summed E-state index contributed by atoms with van der Waals surface area (Å²) in [5, 5.41) is 7.62. The van der Waals surface area contributed by atoms with Gasteiger partial charge in [0.05, 0.1) is 6.54 Å². The van der Waals surface area contributed by atoms with Crippen LogP contribution in [0, 0.1) is 0 Å². The Morgan fingerprint density at radius 2 is 2.16 bits per heavy atom. The molecule has 1 aromatic heterocycles. The zero-order chi connectivity index (χ0) is 13.8. The molecule has 0 fully saturated rings. The summed E-state index contributed by atoms with van der Waals surface area (Å²) in [7, 11) is 1.78. The van der Waals surface area contributed by atoms with Crippen molar-refractivity contribution in [1.29, 1.82) is 0 Å². The molecule has 0 saturated carbocycles. The molecule has 1 amide bonds. The Labute approximate surface area is 115 Å². The number of carbonyl (C=O) groups is 1. The van der Waals surface area contributed by atoms with Gasteiger partial charge < -0.3 is 5.73 Å². The summed E-state index contributed by atoms with van der Waals surface area (Å²) in [6, 6.07) is 6.38. The van der Waals surface area contributed by atoms with Crippen molar-refractivity contribution >= 4 is 17.5 Å². The van der Waals surface area contributed by atoms with E-state index in [2.05, 4.69) is 15.4 Å². The van der Waals surface area contributed by atoms with Gasteiger partial charge >= 0.3 is 0 Å². The molecule has 6 nitrogen and oxygen atoms in total. The first-order valence-electron chi connectivity index (χ1n) is 5.69. The number of amides is 1. The summed E-state index contributed by atoms with van der Waals surface area (Å²) in [5.41, 5.74) is 6.17. The van der Waals surface area contributed by atoms with E-state index in [-0.39, 0.29) is 0 Å². The van der Waals surface area contributed by atoms with Crippen LogP contribution in [0.1, 0.15) is 17.4 Å². The standard InChI is InChI=1S/C12H14ClN5O/c1-18-10(16-7-17-18)6-15-11(12(14)19)8-2-4-9(13)5-3-8/h2-5,7,11,15H,6H2,1H3,(H2,14,19).